The average Bonchev–Trinajstić information content (AvgIpc) is 3.09. The largest absolute Gasteiger partial charge is 0.444 e. The predicted molar refractivity (Wildman–Crippen MR) is 107 cm³/mol. The van der Waals surface area contributed by atoms with Crippen LogP contribution in [0, 0.1) is 5.92 Å². The highest BCUT2D eigenvalue weighted by molar-refractivity contribution is 5.86. The smallest absolute Gasteiger partial charge is 0.410 e. The highest BCUT2D eigenvalue weighted by Crippen LogP contribution is 2.22. The lowest BCUT2D eigenvalue weighted by Crippen LogP contribution is -2.52. The van der Waals surface area contributed by atoms with Crippen molar-refractivity contribution >= 4 is 17.9 Å². The number of amides is 3. The average molecular weight is 397 g/mol. The molecule has 0 bridgehead atoms. The molecule has 0 spiro atoms. The Balaban J connectivity index is 1.87. The monoisotopic (exact) mass is 396 g/mol. The number of hydrogen-bond acceptors (Lipinski definition) is 5. The van der Waals surface area contributed by atoms with E-state index in [0.29, 0.717) is 25.9 Å². The van der Waals surface area contributed by atoms with E-state index in [9.17, 15) is 14.4 Å². The molecule has 2 heterocycles. The van der Waals surface area contributed by atoms with Gasteiger partial charge in [0.1, 0.15) is 11.6 Å². The molecule has 2 saturated heterocycles. The Labute approximate surface area is 168 Å². The van der Waals surface area contributed by atoms with Crippen LogP contribution >= 0.6 is 0 Å². The van der Waals surface area contributed by atoms with Gasteiger partial charge in [0.2, 0.25) is 11.8 Å². The molecule has 2 fully saturated rings. The van der Waals surface area contributed by atoms with Gasteiger partial charge >= 0.3 is 6.09 Å². The lowest BCUT2D eigenvalue weighted by atomic mass is 9.95. The standard InChI is InChI=1S/C20H36N4O4/c1-5-15(17(21)25)23-10-6-8-14(13-23)12-22-18(26)16-9-7-11-24(16)19(27)28-20(2,3)4/h14-16H,5-13H2,1-4H3,(H2,21,25)(H,22,26)/t14-,15+,16-/m0/s1. The Morgan fingerprint density at radius 2 is 1.86 bits per heavy atom. The zero-order valence-corrected chi connectivity index (χ0v) is 17.7. The first-order valence-electron chi connectivity index (χ1n) is 10.4. The zero-order valence-electron chi connectivity index (χ0n) is 17.7. The number of nitrogens with zero attached hydrogens (tertiary/aromatic N) is 2. The molecule has 3 N–H and O–H groups in total. The van der Waals surface area contributed by atoms with Gasteiger partial charge in [-0.15, -0.1) is 0 Å². The molecule has 2 rings (SSSR count). The van der Waals surface area contributed by atoms with Crippen LogP contribution in [0.2, 0.25) is 0 Å². The van der Waals surface area contributed by atoms with Crippen LogP contribution in [0.3, 0.4) is 0 Å². The Morgan fingerprint density at radius 1 is 1.18 bits per heavy atom. The summed E-state index contributed by atoms with van der Waals surface area (Å²) in [6.07, 6.45) is 3.71. The molecule has 0 unspecified atom stereocenters. The van der Waals surface area contributed by atoms with Gasteiger partial charge in [-0.2, -0.15) is 0 Å². The molecule has 3 atom stereocenters. The third kappa shape index (κ3) is 6.09. The first kappa shape index (κ1) is 22.5. The normalized spacial score (nSPS) is 24.6. The molecule has 28 heavy (non-hydrogen) atoms. The van der Waals surface area contributed by atoms with E-state index >= 15 is 0 Å². The topological polar surface area (TPSA) is 105 Å². The SMILES string of the molecule is CC[C@H](C(N)=O)N1CCC[C@@H](CNC(=O)[C@@H]2CCCN2C(=O)OC(C)(C)C)C1. The minimum Gasteiger partial charge on any atom is -0.444 e. The van der Waals surface area contributed by atoms with Crippen LogP contribution in [0.1, 0.15) is 59.8 Å². The third-order valence-electron chi connectivity index (χ3n) is 5.45. The van der Waals surface area contributed by atoms with Gasteiger partial charge in [0.15, 0.2) is 0 Å². The minimum atomic E-state index is -0.581. The Kier molecular flexibility index (Phi) is 7.69. The maximum atomic E-state index is 12.7. The fourth-order valence-corrected chi connectivity index (χ4v) is 4.13. The summed E-state index contributed by atoms with van der Waals surface area (Å²) in [5.41, 5.74) is 4.94. The molecule has 3 amide bonds. The number of hydrogen-bond donors (Lipinski definition) is 2. The van der Waals surface area contributed by atoms with Crippen LogP contribution in [0.25, 0.3) is 0 Å². The summed E-state index contributed by atoms with van der Waals surface area (Å²) in [7, 11) is 0. The van der Waals surface area contributed by atoms with Crippen LogP contribution in [0.5, 0.6) is 0 Å². The van der Waals surface area contributed by atoms with Crippen molar-refractivity contribution in [2.24, 2.45) is 11.7 Å². The van der Waals surface area contributed by atoms with Crippen molar-refractivity contribution in [2.45, 2.75) is 77.5 Å². The number of carbonyl (C=O) groups is 3. The van der Waals surface area contributed by atoms with Crippen LogP contribution < -0.4 is 11.1 Å². The molecular formula is C20H36N4O4. The van der Waals surface area contributed by atoms with E-state index in [2.05, 4.69) is 10.2 Å². The number of ether oxygens (including phenoxy) is 1. The number of rotatable bonds is 6. The van der Waals surface area contributed by atoms with Crippen molar-refractivity contribution in [1.82, 2.24) is 15.1 Å². The summed E-state index contributed by atoms with van der Waals surface area (Å²) in [5.74, 6) is -0.129. The van der Waals surface area contributed by atoms with E-state index in [-0.39, 0.29) is 23.8 Å². The van der Waals surface area contributed by atoms with Crippen molar-refractivity contribution < 1.29 is 19.1 Å². The molecule has 2 aliphatic heterocycles. The Hall–Kier alpha value is -1.83. The molecule has 160 valence electrons. The summed E-state index contributed by atoms with van der Waals surface area (Å²) in [6.45, 7) is 10.1. The van der Waals surface area contributed by atoms with Gasteiger partial charge in [0, 0.05) is 19.6 Å². The first-order valence-corrected chi connectivity index (χ1v) is 10.4. The molecule has 0 radical (unpaired) electrons. The van der Waals surface area contributed by atoms with Crippen molar-refractivity contribution in [3.63, 3.8) is 0 Å². The molecule has 0 aromatic heterocycles. The lowest BCUT2D eigenvalue weighted by Gasteiger charge is -2.37. The van der Waals surface area contributed by atoms with Gasteiger partial charge in [0.05, 0.1) is 6.04 Å². The van der Waals surface area contributed by atoms with Gasteiger partial charge in [0.25, 0.3) is 0 Å². The van der Waals surface area contributed by atoms with Crippen LogP contribution in [0.4, 0.5) is 4.79 Å². The third-order valence-corrected chi connectivity index (χ3v) is 5.45. The number of nitrogens with one attached hydrogen (secondary N) is 1. The highest BCUT2D eigenvalue weighted by Gasteiger charge is 2.37. The van der Waals surface area contributed by atoms with Gasteiger partial charge in [-0.1, -0.05) is 6.92 Å². The van der Waals surface area contributed by atoms with Gasteiger partial charge < -0.3 is 15.8 Å². The molecule has 0 saturated carbocycles. The van der Waals surface area contributed by atoms with E-state index in [0.717, 1.165) is 32.4 Å². The number of nitrogens with two attached hydrogens (primary N) is 1. The molecule has 0 aromatic carbocycles. The predicted octanol–water partition coefficient (Wildman–Crippen LogP) is 1.48. The Bertz CT molecular complexity index is 575. The van der Waals surface area contributed by atoms with Crippen LogP contribution in [-0.2, 0) is 14.3 Å². The van der Waals surface area contributed by atoms with Crippen molar-refractivity contribution in [3.8, 4) is 0 Å². The first-order chi connectivity index (χ1) is 13.1. The van der Waals surface area contributed by atoms with E-state index in [1.165, 1.54) is 4.90 Å². The van der Waals surface area contributed by atoms with E-state index < -0.39 is 17.7 Å². The second-order valence-corrected chi connectivity index (χ2v) is 8.91. The van der Waals surface area contributed by atoms with Gasteiger partial charge in [-0.25, -0.2) is 4.79 Å². The maximum absolute atomic E-state index is 12.7. The number of primary amides is 1. The molecule has 8 nitrogen and oxygen atoms in total. The number of carbonyl (C=O) groups excluding carboxylic acids is 3. The second-order valence-electron chi connectivity index (χ2n) is 8.91. The van der Waals surface area contributed by atoms with Crippen molar-refractivity contribution in [2.75, 3.05) is 26.2 Å². The molecule has 0 aromatic rings. The summed E-state index contributed by atoms with van der Waals surface area (Å²) in [4.78, 5) is 40.4. The summed E-state index contributed by atoms with van der Waals surface area (Å²) >= 11 is 0. The van der Waals surface area contributed by atoms with Crippen molar-refractivity contribution in [1.29, 1.82) is 0 Å². The second kappa shape index (κ2) is 9.58. The molecular weight excluding hydrogens is 360 g/mol. The molecule has 0 aliphatic carbocycles. The lowest BCUT2D eigenvalue weighted by molar-refractivity contribution is -0.126. The van der Waals surface area contributed by atoms with E-state index in [1.54, 1.807) is 0 Å². The fourth-order valence-electron chi connectivity index (χ4n) is 4.13. The minimum absolute atomic E-state index is 0.123. The van der Waals surface area contributed by atoms with Crippen LogP contribution in [-0.4, -0.2) is 71.6 Å². The van der Waals surface area contributed by atoms with Crippen molar-refractivity contribution in [3.05, 3.63) is 0 Å². The maximum Gasteiger partial charge on any atom is 0.410 e. The summed E-state index contributed by atoms with van der Waals surface area (Å²) in [6, 6.07) is -0.709. The Morgan fingerprint density at radius 3 is 2.46 bits per heavy atom. The number of piperidine rings is 1. The zero-order chi connectivity index (χ0) is 20.9. The van der Waals surface area contributed by atoms with Gasteiger partial charge in [-0.05, 0) is 65.3 Å². The van der Waals surface area contributed by atoms with Crippen LogP contribution in [0.15, 0.2) is 0 Å². The quantitative estimate of drug-likeness (QED) is 0.707. The fraction of sp³-hybridized carbons (Fsp3) is 0.850. The molecule has 8 heteroatoms. The van der Waals surface area contributed by atoms with E-state index in [4.69, 9.17) is 10.5 Å². The highest BCUT2D eigenvalue weighted by atomic mass is 16.6. The summed E-state index contributed by atoms with van der Waals surface area (Å²) in [5, 5.41) is 3.02. The molecule has 2 aliphatic rings. The number of likely N-dealkylation sites (tertiary alicyclic amines) is 2. The van der Waals surface area contributed by atoms with Gasteiger partial charge in [-0.3, -0.25) is 19.4 Å². The summed E-state index contributed by atoms with van der Waals surface area (Å²) < 4.78 is 5.43. The van der Waals surface area contributed by atoms with E-state index in [1.807, 2.05) is 27.7 Å².